The number of aliphatic hydroxyl groups excluding tert-OH is 1. The number of carbonyl (C=O) groups excluding carboxylic acids is 2. The number of likely N-dealkylation sites (tertiary alicyclic amines) is 1. The van der Waals surface area contributed by atoms with Gasteiger partial charge in [0.15, 0.2) is 12.1 Å². The molecule has 2 N–H and O–H groups in total. The van der Waals surface area contributed by atoms with Crippen LogP contribution in [0.25, 0.3) is 0 Å². The van der Waals surface area contributed by atoms with Gasteiger partial charge in [-0.3, -0.25) is 9.59 Å². The number of benzene rings is 1. The molecule has 1 aliphatic heterocycles. The fraction of sp³-hybridized carbons (Fsp3) is 0.476. The molecule has 1 aliphatic carbocycles. The smallest absolute Gasteiger partial charge is 0.276 e. The highest BCUT2D eigenvalue weighted by Gasteiger charge is 2.71. The van der Waals surface area contributed by atoms with E-state index in [1.165, 1.54) is 6.39 Å². The minimum Gasteiger partial charge on any atom is -0.448 e. The number of oxazole rings is 1. The fourth-order valence-corrected chi connectivity index (χ4v) is 4.76. The maximum Gasteiger partial charge on any atom is 0.276 e. The Kier molecular flexibility index (Phi) is 4.71. The summed E-state index contributed by atoms with van der Waals surface area (Å²) in [7, 11) is 0. The molecular formula is C21H25N3O4. The van der Waals surface area contributed by atoms with Crippen LogP contribution in [0.5, 0.6) is 0 Å². The van der Waals surface area contributed by atoms with Crippen LogP contribution in [0.1, 0.15) is 41.1 Å². The standard InChI is InChI=1S/C21H25N3O4/c1-3-17(26)22-9-15-18(14-7-5-4-6-8-14)21(15)11-24(10-16(21)25)20(27)19-13(2)28-12-23-19/h4-8,12,15-16,18,25H,3,9-11H2,1-2H3,(H,22,26)/t15-,16-,18-,21-/m1/s1. The van der Waals surface area contributed by atoms with Crippen LogP contribution in [0.3, 0.4) is 0 Å². The van der Waals surface area contributed by atoms with E-state index in [4.69, 9.17) is 4.42 Å². The number of rotatable bonds is 5. The van der Waals surface area contributed by atoms with Crippen molar-refractivity contribution in [2.75, 3.05) is 19.6 Å². The van der Waals surface area contributed by atoms with Crippen LogP contribution in [-0.4, -0.2) is 52.5 Å². The Morgan fingerprint density at radius 2 is 2.11 bits per heavy atom. The van der Waals surface area contributed by atoms with Crippen LogP contribution in [0, 0.1) is 18.3 Å². The van der Waals surface area contributed by atoms with E-state index in [0.29, 0.717) is 25.3 Å². The zero-order valence-electron chi connectivity index (χ0n) is 16.1. The second-order valence-electron chi connectivity index (χ2n) is 7.72. The third kappa shape index (κ3) is 2.90. The highest BCUT2D eigenvalue weighted by molar-refractivity contribution is 5.93. The lowest BCUT2D eigenvalue weighted by Gasteiger charge is -2.16. The molecule has 0 bridgehead atoms. The molecule has 2 aliphatic rings. The molecule has 4 atom stereocenters. The van der Waals surface area contributed by atoms with Gasteiger partial charge in [0.2, 0.25) is 5.91 Å². The van der Waals surface area contributed by atoms with Crippen molar-refractivity contribution in [2.24, 2.45) is 11.3 Å². The van der Waals surface area contributed by atoms with E-state index in [2.05, 4.69) is 10.3 Å². The molecule has 28 heavy (non-hydrogen) atoms. The lowest BCUT2D eigenvalue weighted by molar-refractivity contribution is -0.120. The Hall–Kier alpha value is -2.67. The van der Waals surface area contributed by atoms with Crippen molar-refractivity contribution >= 4 is 11.8 Å². The van der Waals surface area contributed by atoms with Crippen molar-refractivity contribution in [1.29, 1.82) is 0 Å². The second-order valence-corrected chi connectivity index (χ2v) is 7.72. The summed E-state index contributed by atoms with van der Waals surface area (Å²) in [5, 5.41) is 13.9. The first-order valence-electron chi connectivity index (χ1n) is 9.68. The Morgan fingerprint density at radius 3 is 2.75 bits per heavy atom. The Morgan fingerprint density at radius 1 is 1.36 bits per heavy atom. The number of amides is 2. The van der Waals surface area contributed by atoms with Gasteiger partial charge < -0.3 is 19.7 Å². The summed E-state index contributed by atoms with van der Waals surface area (Å²) >= 11 is 0. The normalized spacial score (nSPS) is 28.5. The molecule has 1 saturated carbocycles. The Labute approximate surface area is 163 Å². The van der Waals surface area contributed by atoms with Gasteiger partial charge in [0.25, 0.3) is 5.91 Å². The monoisotopic (exact) mass is 383 g/mol. The highest BCUT2D eigenvalue weighted by atomic mass is 16.3. The molecule has 0 unspecified atom stereocenters. The van der Waals surface area contributed by atoms with Gasteiger partial charge in [-0.1, -0.05) is 37.3 Å². The van der Waals surface area contributed by atoms with Gasteiger partial charge >= 0.3 is 0 Å². The Bertz CT molecular complexity index is 881. The van der Waals surface area contributed by atoms with Crippen molar-refractivity contribution in [2.45, 2.75) is 32.3 Å². The Balaban J connectivity index is 1.59. The molecule has 1 aromatic heterocycles. The fourth-order valence-electron chi connectivity index (χ4n) is 4.76. The quantitative estimate of drug-likeness (QED) is 0.820. The van der Waals surface area contributed by atoms with Gasteiger partial charge in [-0.15, -0.1) is 0 Å². The average molecular weight is 383 g/mol. The van der Waals surface area contributed by atoms with E-state index in [1.54, 1.807) is 11.8 Å². The van der Waals surface area contributed by atoms with Gasteiger partial charge in [0, 0.05) is 31.5 Å². The molecule has 4 rings (SSSR count). The summed E-state index contributed by atoms with van der Waals surface area (Å²) in [6.45, 7) is 4.71. The first-order chi connectivity index (χ1) is 13.5. The topological polar surface area (TPSA) is 95.7 Å². The molecule has 1 saturated heterocycles. The summed E-state index contributed by atoms with van der Waals surface area (Å²) in [4.78, 5) is 30.3. The lowest BCUT2D eigenvalue weighted by atomic mass is 9.95. The summed E-state index contributed by atoms with van der Waals surface area (Å²) in [6, 6.07) is 10.0. The highest BCUT2D eigenvalue weighted by Crippen LogP contribution is 2.68. The number of hydrogen-bond donors (Lipinski definition) is 2. The molecule has 2 amide bonds. The van der Waals surface area contributed by atoms with Gasteiger partial charge in [-0.2, -0.15) is 0 Å². The summed E-state index contributed by atoms with van der Waals surface area (Å²) in [6.07, 6.45) is 1.03. The first-order valence-corrected chi connectivity index (χ1v) is 9.68. The van der Waals surface area contributed by atoms with E-state index >= 15 is 0 Å². The van der Waals surface area contributed by atoms with Gasteiger partial charge in [-0.25, -0.2) is 4.98 Å². The van der Waals surface area contributed by atoms with E-state index in [0.717, 1.165) is 5.56 Å². The largest absolute Gasteiger partial charge is 0.448 e. The molecule has 2 fully saturated rings. The zero-order valence-corrected chi connectivity index (χ0v) is 16.1. The molecule has 0 radical (unpaired) electrons. The van der Waals surface area contributed by atoms with Crippen LogP contribution >= 0.6 is 0 Å². The van der Waals surface area contributed by atoms with Crippen LogP contribution in [0.4, 0.5) is 0 Å². The summed E-state index contributed by atoms with van der Waals surface area (Å²) < 4.78 is 5.16. The van der Waals surface area contributed by atoms with Crippen molar-refractivity contribution < 1.29 is 19.1 Å². The van der Waals surface area contributed by atoms with Crippen LogP contribution in [0.2, 0.25) is 0 Å². The summed E-state index contributed by atoms with van der Waals surface area (Å²) in [5.74, 6) is 0.418. The number of aliphatic hydroxyl groups is 1. The number of hydrogen-bond acceptors (Lipinski definition) is 5. The van der Waals surface area contributed by atoms with Crippen molar-refractivity contribution in [3.8, 4) is 0 Å². The third-order valence-corrected chi connectivity index (χ3v) is 6.27. The van der Waals surface area contributed by atoms with Crippen LogP contribution in [0.15, 0.2) is 41.1 Å². The number of nitrogens with zero attached hydrogens (tertiary/aromatic N) is 2. The molecule has 1 spiro atoms. The van der Waals surface area contributed by atoms with E-state index in [1.807, 2.05) is 37.3 Å². The number of carbonyl (C=O) groups is 2. The van der Waals surface area contributed by atoms with Crippen molar-refractivity contribution in [3.63, 3.8) is 0 Å². The van der Waals surface area contributed by atoms with E-state index < -0.39 is 11.5 Å². The molecule has 148 valence electrons. The third-order valence-electron chi connectivity index (χ3n) is 6.27. The molecule has 7 nitrogen and oxygen atoms in total. The average Bonchev–Trinajstić information content (AvgIpc) is 2.94. The van der Waals surface area contributed by atoms with Crippen LogP contribution in [-0.2, 0) is 4.79 Å². The van der Waals surface area contributed by atoms with Gasteiger partial charge in [0.05, 0.1) is 6.10 Å². The maximum absolute atomic E-state index is 12.9. The predicted molar refractivity (Wildman–Crippen MR) is 102 cm³/mol. The SMILES string of the molecule is CCC(=O)NC[C@@H]1[C@@H](c2ccccc2)[C@]12CN(C(=O)c1ncoc1C)C[C@H]2O. The van der Waals surface area contributed by atoms with E-state index in [-0.39, 0.29) is 35.9 Å². The molecule has 7 heteroatoms. The minimum atomic E-state index is -0.655. The molecule has 1 aromatic carbocycles. The number of nitrogens with one attached hydrogen (secondary N) is 1. The van der Waals surface area contributed by atoms with Crippen LogP contribution < -0.4 is 5.32 Å². The number of aromatic nitrogens is 1. The predicted octanol–water partition coefficient (Wildman–Crippen LogP) is 1.73. The zero-order chi connectivity index (χ0) is 19.9. The molecule has 2 aromatic rings. The summed E-state index contributed by atoms with van der Waals surface area (Å²) in [5.41, 5.74) is 0.969. The lowest BCUT2D eigenvalue weighted by Crippen LogP contribution is -2.31. The van der Waals surface area contributed by atoms with Crippen molar-refractivity contribution in [3.05, 3.63) is 53.7 Å². The number of aryl methyl sites for hydroxylation is 1. The van der Waals surface area contributed by atoms with Crippen molar-refractivity contribution in [1.82, 2.24) is 15.2 Å². The van der Waals surface area contributed by atoms with E-state index in [9.17, 15) is 14.7 Å². The van der Waals surface area contributed by atoms with Gasteiger partial charge in [-0.05, 0) is 24.3 Å². The number of β-amino-alcohol motifs (C(OH)–C–C–N with tert-alkyl or cyclic N) is 1. The second kappa shape index (κ2) is 7.05. The van der Waals surface area contributed by atoms with Gasteiger partial charge in [0.1, 0.15) is 5.76 Å². The molecule has 2 heterocycles. The molecular weight excluding hydrogens is 358 g/mol. The first kappa shape index (κ1) is 18.7. The minimum absolute atomic E-state index is 0.00694. The maximum atomic E-state index is 12.9.